The van der Waals surface area contributed by atoms with Crippen molar-refractivity contribution in [1.29, 1.82) is 0 Å². The summed E-state index contributed by atoms with van der Waals surface area (Å²) in [5, 5.41) is 7.07. The molecule has 0 bridgehead atoms. The molecule has 0 spiro atoms. The maximum atomic E-state index is 13.0. The van der Waals surface area contributed by atoms with E-state index in [1.807, 2.05) is 42.5 Å². The SMILES string of the molecule is C[C@H]1Oc2ccc(Br)cc2N(C)C(=O)[C@H]1NC(=O)c1cnn(Cc2ccccc2)c1. The molecule has 4 rings (SSSR count). The molecule has 0 radical (unpaired) electrons. The highest BCUT2D eigenvalue weighted by atomic mass is 79.9. The Morgan fingerprint density at radius 1 is 1.23 bits per heavy atom. The second-order valence-electron chi connectivity index (χ2n) is 7.20. The van der Waals surface area contributed by atoms with Crippen molar-refractivity contribution in [2.45, 2.75) is 25.6 Å². The van der Waals surface area contributed by atoms with E-state index < -0.39 is 12.1 Å². The van der Waals surface area contributed by atoms with E-state index in [0.717, 1.165) is 10.0 Å². The summed E-state index contributed by atoms with van der Waals surface area (Å²) >= 11 is 3.42. The monoisotopic (exact) mass is 468 g/mol. The number of benzene rings is 2. The molecule has 3 aromatic rings. The number of hydrogen-bond donors (Lipinski definition) is 1. The number of fused-ring (bicyclic) bond motifs is 1. The summed E-state index contributed by atoms with van der Waals surface area (Å²) in [5.41, 5.74) is 2.12. The van der Waals surface area contributed by atoms with Crippen LogP contribution in [0.15, 0.2) is 65.4 Å². The third-order valence-corrected chi connectivity index (χ3v) is 5.52. The predicted octanol–water partition coefficient (Wildman–Crippen LogP) is 3.24. The number of ether oxygens (including phenoxy) is 1. The summed E-state index contributed by atoms with van der Waals surface area (Å²) < 4.78 is 8.50. The molecule has 0 fully saturated rings. The number of likely N-dealkylation sites (N-methyl/N-ethyl adjacent to an activating group) is 1. The zero-order chi connectivity index (χ0) is 21.3. The molecule has 154 valence electrons. The fourth-order valence-electron chi connectivity index (χ4n) is 3.39. The van der Waals surface area contributed by atoms with E-state index in [4.69, 9.17) is 4.74 Å². The lowest BCUT2D eigenvalue weighted by molar-refractivity contribution is -0.121. The summed E-state index contributed by atoms with van der Waals surface area (Å²) in [6, 6.07) is 14.5. The third kappa shape index (κ3) is 4.09. The highest BCUT2D eigenvalue weighted by molar-refractivity contribution is 9.10. The van der Waals surface area contributed by atoms with E-state index in [9.17, 15) is 9.59 Å². The quantitative estimate of drug-likeness (QED) is 0.637. The number of halogens is 1. The van der Waals surface area contributed by atoms with Gasteiger partial charge in [0.25, 0.3) is 11.8 Å². The molecule has 8 heteroatoms. The van der Waals surface area contributed by atoms with Crippen molar-refractivity contribution in [2.75, 3.05) is 11.9 Å². The van der Waals surface area contributed by atoms with Crippen LogP contribution >= 0.6 is 15.9 Å². The lowest BCUT2D eigenvalue weighted by atomic mass is 10.1. The first-order chi connectivity index (χ1) is 14.4. The molecule has 0 aliphatic carbocycles. The maximum Gasteiger partial charge on any atom is 0.255 e. The molecular weight excluding hydrogens is 448 g/mol. The highest BCUT2D eigenvalue weighted by Crippen LogP contribution is 2.34. The first-order valence-electron chi connectivity index (χ1n) is 9.53. The van der Waals surface area contributed by atoms with Crippen molar-refractivity contribution in [3.63, 3.8) is 0 Å². The number of nitrogens with one attached hydrogen (secondary N) is 1. The molecule has 1 aliphatic rings. The van der Waals surface area contributed by atoms with Crippen LogP contribution in [-0.4, -0.2) is 40.8 Å². The van der Waals surface area contributed by atoms with E-state index in [0.29, 0.717) is 23.5 Å². The van der Waals surface area contributed by atoms with Gasteiger partial charge in [-0.2, -0.15) is 5.10 Å². The van der Waals surface area contributed by atoms with Gasteiger partial charge >= 0.3 is 0 Å². The fraction of sp³-hybridized carbons (Fsp3) is 0.227. The van der Waals surface area contributed by atoms with Gasteiger partial charge in [0.15, 0.2) is 0 Å². The largest absolute Gasteiger partial charge is 0.486 e. The average Bonchev–Trinajstić information content (AvgIpc) is 3.18. The van der Waals surface area contributed by atoms with Crippen LogP contribution in [0.5, 0.6) is 5.75 Å². The molecule has 7 nitrogen and oxygen atoms in total. The predicted molar refractivity (Wildman–Crippen MR) is 117 cm³/mol. The topological polar surface area (TPSA) is 76.5 Å². The molecule has 1 N–H and O–H groups in total. The molecule has 2 aromatic carbocycles. The van der Waals surface area contributed by atoms with E-state index in [1.165, 1.54) is 11.1 Å². The number of rotatable bonds is 4. The van der Waals surface area contributed by atoms with Crippen LogP contribution in [0.4, 0.5) is 5.69 Å². The zero-order valence-corrected chi connectivity index (χ0v) is 18.2. The summed E-state index contributed by atoms with van der Waals surface area (Å²) in [6.45, 7) is 2.33. The summed E-state index contributed by atoms with van der Waals surface area (Å²) in [4.78, 5) is 27.4. The number of hydrogen-bond acceptors (Lipinski definition) is 4. The molecule has 2 heterocycles. The van der Waals surface area contributed by atoms with Gasteiger partial charge < -0.3 is 15.0 Å². The fourth-order valence-corrected chi connectivity index (χ4v) is 3.74. The molecule has 0 unspecified atom stereocenters. The van der Waals surface area contributed by atoms with Crippen molar-refractivity contribution in [2.24, 2.45) is 0 Å². The van der Waals surface area contributed by atoms with E-state index in [1.54, 1.807) is 30.9 Å². The van der Waals surface area contributed by atoms with Crippen molar-refractivity contribution >= 4 is 33.4 Å². The Labute approximate surface area is 182 Å². The second kappa shape index (κ2) is 8.31. The van der Waals surface area contributed by atoms with Crippen molar-refractivity contribution in [3.05, 3.63) is 76.5 Å². The normalized spacial score (nSPS) is 18.4. The summed E-state index contributed by atoms with van der Waals surface area (Å²) in [6.07, 6.45) is 2.64. The highest BCUT2D eigenvalue weighted by Gasteiger charge is 2.36. The molecule has 1 aromatic heterocycles. The zero-order valence-electron chi connectivity index (χ0n) is 16.6. The Kier molecular flexibility index (Phi) is 5.59. The molecular formula is C22H21BrN4O3. The third-order valence-electron chi connectivity index (χ3n) is 5.03. The Hall–Kier alpha value is -3.13. The van der Waals surface area contributed by atoms with Gasteiger partial charge in [-0.1, -0.05) is 46.3 Å². The first-order valence-corrected chi connectivity index (χ1v) is 10.3. The standard InChI is InChI=1S/C22H21BrN4O3/c1-14-20(22(29)26(2)18-10-17(23)8-9-19(18)30-14)25-21(28)16-11-24-27(13-16)12-15-6-4-3-5-7-15/h3-11,13-14,20H,12H2,1-2H3,(H,25,28)/t14-,20+/m1/s1. The molecule has 1 aliphatic heterocycles. The molecule has 2 amide bonds. The average molecular weight is 469 g/mol. The van der Waals surface area contributed by atoms with Crippen molar-refractivity contribution in [3.8, 4) is 5.75 Å². The Balaban J connectivity index is 1.50. The molecule has 0 saturated heterocycles. The number of aromatic nitrogens is 2. The van der Waals surface area contributed by atoms with Crippen molar-refractivity contribution < 1.29 is 14.3 Å². The van der Waals surface area contributed by atoms with Crippen LogP contribution in [0.2, 0.25) is 0 Å². The Bertz CT molecular complexity index is 1080. The van der Waals surface area contributed by atoms with Gasteiger partial charge in [-0.25, -0.2) is 0 Å². The smallest absolute Gasteiger partial charge is 0.255 e. The Morgan fingerprint density at radius 3 is 2.77 bits per heavy atom. The number of anilines is 1. The van der Waals surface area contributed by atoms with E-state index >= 15 is 0 Å². The number of amides is 2. The number of carbonyl (C=O) groups excluding carboxylic acids is 2. The molecule has 30 heavy (non-hydrogen) atoms. The van der Waals surface area contributed by atoms with Crippen molar-refractivity contribution in [1.82, 2.24) is 15.1 Å². The minimum Gasteiger partial charge on any atom is -0.486 e. The molecule has 0 saturated carbocycles. The van der Waals surface area contributed by atoms with Gasteiger partial charge in [0.1, 0.15) is 17.9 Å². The number of nitrogens with zero attached hydrogens (tertiary/aromatic N) is 3. The van der Waals surface area contributed by atoms with Crippen LogP contribution in [0.3, 0.4) is 0 Å². The van der Waals surface area contributed by atoms with Gasteiger partial charge in [0.05, 0.1) is 24.0 Å². The number of carbonyl (C=O) groups is 2. The minimum absolute atomic E-state index is 0.246. The second-order valence-corrected chi connectivity index (χ2v) is 8.11. The van der Waals surface area contributed by atoms with Gasteiger partial charge in [0, 0.05) is 17.7 Å². The minimum atomic E-state index is -0.828. The van der Waals surface area contributed by atoms with Gasteiger partial charge in [-0.3, -0.25) is 14.3 Å². The van der Waals surface area contributed by atoms with Crippen LogP contribution in [0.25, 0.3) is 0 Å². The van der Waals surface area contributed by atoms with E-state index in [2.05, 4.69) is 26.3 Å². The van der Waals surface area contributed by atoms with Crippen LogP contribution in [0.1, 0.15) is 22.8 Å². The van der Waals surface area contributed by atoms with Crippen LogP contribution in [0, 0.1) is 0 Å². The summed E-state index contributed by atoms with van der Waals surface area (Å²) in [7, 11) is 1.67. The van der Waals surface area contributed by atoms with Gasteiger partial charge in [-0.15, -0.1) is 0 Å². The van der Waals surface area contributed by atoms with Crippen LogP contribution < -0.4 is 15.0 Å². The van der Waals surface area contributed by atoms with Crippen LogP contribution in [-0.2, 0) is 11.3 Å². The lowest BCUT2D eigenvalue weighted by Gasteiger charge is -2.23. The lowest BCUT2D eigenvalue weighted by Crippen LogP contribution is -2.53. The first kappa shape index (κ1) is 20.2. The van der Waals surface area contributed by atoms with E-state index in [-0.39, 0.29) is 11.8 Å². The summed E-state index contributed by atoms with van der Waals surface area (Å²) in [5.74, 6) is -0.0259. The maximum absolute atomic E-state index is 13.0. The van der Waals surface area contributed by atoms with Gasteiger partial charge in [-0.05, 0) is 30.7 Å². The van der Waals surface area contributed by atoms with Gasteiger partial charge in [0.2, 0.25) is 0 Å². The molecule has 2 atom stereocenters. The Morgan fingerprint density at radius 2 is 2.00 bits per heavy atom.